The van der Waals surface area contributed by atoms with Crippen LogP contribution in [0, 0.1) is 13.8 Å². The minimum atomic E-state index is 0.0806. The first-order valence-corrected chi connectivity index (χ1v) is 6.65. The highest BCUT2D eigenvalue weighted by molar-refractivity contribution is 5.35. The van der Waals surface area contributed by atoms with Crippen LogP contribution in [-0.2, 0) is 4.74 Å². The molecule has 0 saturated heterocycles. The third kappa shape index (κ3) is 4.00. The summed E-state index contributed by atoms with van der Waals surface area (Å²) in [5.41, 5.74) is 2.45. The fourth-order valence-electron chi connectivity index (χ4n) is 2.02. The lowest BCUT2D eigenvalue weighted by molar-refractivity contribution is 0.0799. The summed E-state index contributed by atoms with van der Waals surface area (Å²) in [6.45, 7) is 5.65. The van der Waals surface area contributed by atoms with Crippen LogP contribution in [0.4, 0.5) is 0 Å². The molecule has 1 fully saturated rings. The largest absolute Gasteiger partial charge is 0.486 e. The zero-order valence-electron chi connectivity index (χ0n) is 11.5. The first-order chi connectivity index (χ1) is 8.69. The van der Waals surface area contributed by atoms with Crippen molar-refractivity contribution < 1.29 is 9.47 Å². The summed E-state index contributed by atoms with van der Waals surface area (Å²) in [5.74, 6) is 0.959. The van der Waals surface area contributed by atoms with E-state index in [1.807, 2.05) is 6.07 Å². The number of rotatable bonds is 7. The maximum absolute atomic E-state index is 6.03. The van der Waals surface area contributed by atoms with Gasteiger partial charge in [0.1, 0.15) is 11.9 Å². The van der Waals surface area contributed by atoms with Crippen LogP contribution in [0.3, 0.4) is 0 Å². The second-order valence-corrected chi connectivity index (χ2v) is 5.15. The molecule has 0 amide bonds. The van der Waals surface area contributed by atoms with Gasteiger partial charge in [0.15, 0.2) is 0 Å². The lowest BCUT2D eigenvalue weighted by Gasteiger charge is -2.20. The van der Waals surface area contributed by atoms with Crippen molar-refractivity contribution in [2.45, 2.75) is 38.8 Å². The lowest BCUT2D eigenvalue weighted by Crippen LogP contribution is -2.36. The number of aryl methyl sites for hydroxylation is 2. The first-order valence-electron chi connectivity index (χ1n) is 6.65. The lowest BCUT2D eigenvalue weighted by atomic mass is 10.1. The van der Waals surface area contributed by atoms with E-state index in [1.165, 1.54) is 24.0 Å². The molecule has 100 valence electrons. The Kier molecular flexibility index (Phi) is 4.61. The van der Waals surface area contributed by atoms with E-state index in [4.69, 9.17) is 9.47 Å². The Labute approximate surface area is 109 Å². The molecular weight excluding hydrogens is 226 g/mol. The average molecular weight is 249 g/mol. The van der Waals surface area contributed by atoms with Gasteiger partial charge < -0.3 is 14.8 Å². The Morgan fingerprint density at radius 3 is 2.72 bits per heavy atom. The van der Waals surface area contributed by atoms with Gasteiger partial charge in [-0.05, 0) is 38.3 Å². The van der Waals surface area contributed by atoms with Gasteiger partial charge >= 0.3 is 0 Å². The summed E-state index contributed by atoms with van der Waals surface area (Å²) >= 11 is 0. The second-order valence-electron chi connectivity index (χ2n) is 5.15. The van der Waals surface area contributed by atoms with Gasteiger partial charge in [0.05, 0.1) is 6.61 Å². The molecule has 1 aliphatic carbocycles. The molecule has 0 aromatic heterocycles. The van der Waals surface area contributed by atoms with Crippen molar-refractivity contribution >= 4 is 0 Å². The van der Waals surface area contributed by atoms with Crippen LogP contribution in [0.5, 0.6) is 5.75 Å². The Bertz CT molecular complexity index is 388. The van der Waals surface area contributed by atoms with Crippen molar-refractivity contribution in [2.75, 3.05) is 20.3 Å². The van der Waals surface area contributed by atoms with Crippen LogP contribution in [0.25, 0.3) is 0 Å². The predicted octanol–water partition coefficient (Wildman–Crippen LogP) is 2.45. The highest BCUT2D eigenvalue weighted by Crippen LogP contribution is 2.21. The second kappa shape index (κ2) is 6.21. The molecule has 0 bridgehead atoms. The molecule has 0 spiro atoms. The molecule has 3 nitrogen and oxygen atoms in total. The van der Waals surface area contributed by atoms with Gasteiger partial charge in [-0.2, -0.15) is 0 Å². The molecule has 1 atom stereocenters. The molecule has 1 saturated carbocycles. The molecule has 1 aliphatic rings. The fraction of sp³-hybridized carbons (Fsp3) is 0.600. The minimum Gasteiger partial charge on any atom is -0.486 e. The van der Waals surface area contributed by atoms with Gasteiger partial charge in [-0.3, -0.25) is 0 Å². The Hall–Kier alpha value is -1.06. The monoisotopic (exact) mass is 249 g/mol. The minimum absolute atomic E-state index is 0.0806. The van der Waals surface area contributed by atoms with Crippen molar-refractivity contribution in [2.24, 2.45) is 0 Å². The fourth-order valence-corrected chi connectivity index (χ4v) is 2.02. The smallest absolute Gasteiger partial charge is 0.134 e. The van der Waals surface area contributed by atoms with Gasteiger partial charge in [-0.1, -0.05) is 17.7 Å². The number of ether oxygens (including phenoxy) is 2. The van der Waals surface area contributed by atoms with Gasteiger partial charge in [0.2, 0.25) is 0 Å². The first kappa shape index (κ1) is 13.4. The van der Waals surface area contributed by atoms with Crippen LogP contribution in [0.2, 0.25) is 0 Å². The zero-order chi connectivity index (χ0) is 13.0. The summed E-state index contributed by atoms with van der Waals surface area (Å²) in [4.78, 5) is 0. The van der Waals surface area contributed by atoms with E-state index >= 15 is 0 Å². The standard InChI is InChI=1S/C15H23NO2/c1-11-4-7-15(12(2)8-11)18-14(10-17-3)9-16-13-5-6-13/h4,7-8,13-14,16H,5-6,9-10H2,1-3H3. The molecule has 1 aromatic rings. The summed E-state index contributed by atoms with van der Waals surface area (Å²) in [7, 11) is 1.72. The average Bonchev–Trinajstić information content (AvgIpc) is 3.13. The highest BCUT2D eigenvalue weighted by Gasteiger charge is 2.22. The molecule has 1 aromatic carbocycles. The molecule has 0 radical (unpaired) electrons. The third-order valence-electron chi connectivity index (χ3n) is 3.19. The summed E-state index contributed by atoms with van der Waals surface area (Å²) in [6.07, 6.45) is 2.67. The van der Waals surface area contributed by atoms with E-state index in [1.54, 1.807) is 7.11 Å². The molecule has 2 rings (SSSR count). The van der Waals surface area contributed by atoms with Crippen molar-refractivity contribution in [1.29, 1.82) is 0 Å². The third-order valence-corrected chi connectivity index (χ3v) is 3.19. The highest BCUT2D eigenvalue weighted by atomic mass is 16.5. The Morgan fingerprint density at radius 2 is 2.11 bits per heavy atom. The van der Waals surface area contributed by atoms with E-state index in [-0.39, 0.29) is 6.10 Å². The zero-order valence-corrected chi connectivity index (χ0v) is 11.5. The van der Waals surface area contributed by atoms with E-state index in [0.717, 1.165) is 12.3 Å². The maximum Gasteiger partial charge on any atom is 0.134 e. The van der Waals surface area contributed by atoms with Crippen molar-refractivity contribution in [3.05, 3.63) is 29.3 Å². The van der Waals surface area contributed by atoms with Gasteiger partial charge in [0.25, 0.3) is 0 Å². The molecular formula is C15H23NO2. The molecule has 0 aliphatic heterocycles. The molecule has 1 N–H and O–H groups in total. The van der Waals surface area contributed by atoms with Crippen LogP contribution in [0.15, 0.2) is 18.2 Å². The van der Waals surface area contributed by atoms with Crippen molar-refractivity contribution in [3.63, 3.8) is 0 Å². The summed E-state index contributed by atoms with van der Waals surface area (Å²) < 4.78 is 11.3. The van der Waals surface area contributed by atoms with Crippen LogP contribution < -0.4 is 10.1 Å². The summed E-state index contributed by atoms with van der Waals surface area (Å²) in [5, 5.41) is 3.49. The van der Waals surface area contributed by atoms with Crippen molar-refractivity contribution in [1.82, 2.24) is 5.32 Å². The van der Waals surface area contributed by atoms with E-state index in [0.29, 0.717) is 12.6 Å². The molecule has 0 heterocycles. The number of hydrogen-bond acceptors (Lipinski definition) is 3. The predicted molar refractivity (Wildman–Crippen MR) is 73.2 cm³/mol. The van der Waals surface area contributed by atoms with Crippen LogP contribution in [0.1, 0.15) is 24.0 Å². The number of hydrogen-bond donors (Lipinski definition) is 1. The Balaban J connectivity index is 1.92. The topological polar surface area (TPSA) is 30.5 Å². The van der Waals surface area contributed by atoms with Gasteiger partial charge in [-0.15, -0.1) is 0 Å². The number of benzene rings is 1. The SMILES string of the molecule is COCC(CNC1CC1)Oc1ccc(C)cc1C. The van der Waals surface area contributed by atoms with E-state index in [2.05, 4.69) is 31.3 Å². The van der Waals surface area contributed by atoms with Crippen LogP contribution in [-0.4, -0.2) is 32.4 Å². The quantitative estimate of drug-likeness (QED) is 0.805. The maximum atomic E-state index is 6.03. The molecule has 1 unspecified atom stereocenters. The Morgan fingerprint density at radius 1 is 1.33 bits per heavy atom. The number of methoxy groups -OCH3 is 1. The van der Waals surface area contributed by atoms with Crippen molar-refractivity contribution in [3.8, 4) is 5.75 Å². The number of nitrogens with one attached hydrogen (secondary N) is 1. The van der Waals surface area contributed by atoms with Gasteiger partial charge in [-0.25, -0.2) is 0 Å². The summed E-state index contributed by atoms with van der Waals surface area (Å²) in [6, 6.07) is 6.98. The van der Waals surface area contributed by atoms with Gasteiger partial charge in [0, 0.05) is 19.7 Å². The van der Waals surface area contributed by atoms with E-state index < -0.39 is 0 Å². The normalized spacial score (nSPS) is 16.6. The van der Waals surface area contributed by atoms with E-state index in [9.17, 15) is 0 Å². The van der Waals surface area contributed by atoms with Crippen LogP contribution >= 0.6 is 0 Å². The molecule has 3 heteroatoms. The molecule has 18 heavy (non-hydrogen) atoms.